The quantitative estimate of drug-likeness (QED) is 0.781. The third-order valence-corrected chi connectivity index (χ3v) is 6.19. The molecule has 0 saturated heterocycles. The Morgan fingerprint density at radius 2 is 2.00 bits per heavy atom. The number of hydrogen-bond acceptors (Lipinski definition) is 4. The summed E-state index contributed by atoms with van der Waals surface area (Å²) < 4.78 is 0. The summed E-state index contributed by atoms with van der Waals surface area (Å²) in [6.07, 6.45) is 0.320. The highest BCUT2D eigenvalue weighted by atomic mass is 32.2. The molecule has 5 nitrogen and oxygen atoms in total. The molecular weight excluding hydrogens is 290 g/mol. The van der Waals surface area contributed by atoms with E-state index in [1.807, 2.05) is 31.2 Å². The van der Waals surface area contributed by atoms with Gasteiger partial charge in [-0.3, -0.25) is 9.59 Å². The summed E-state index contributed by atoms with van der Waals surface area (Å²) in [6, 6.07) is 7.84. The van der Waals surface area contributed by atoms with Crippen molar-refractivity contribution in [2.24, 2.45) is 23.5 Å². The number of benzene rings is 1. The molecule has 0 spiro atoms. The van der Waals surface area contributed by atoms with Crippen LogP contribution in [-0.4, -0.2) is 32.9 Å². The minimum absolute atomic E-state index is 0.0571. The van der Waals surface area contributed by atoms with Gasteiger partial charge in [-0.05, 0) is 30.9 Å². The molecule has 0 radical (unpaired) electrons. The van der Waals surface area contributed by atoms with Gasteiger partial charge in [0, 0.05) is 16.1 Å². The van der Waals surface area contributed by atoms with Gasteiger partial charge in [-0.15, -0.1) is 11.8 Å². The van der Waals surface area contributed by atoms with Gasteiger partial charge in [-0.2, -0.15) is 0 Å². The summed E-state index contributed by atoms with van der Waals surface area (Å²) in [6.45, 7) is 1.99. The summed E-state index contributed by atoms with van der Waals surface area (Å²) >= 11 is 1.56. The van der Waals surface area contributed by atoms with Crippen LogP contribution >= 0.6 is 11.8 Å². The zero-order valence-corrected chi connectivity index (χ0v) is 12.3. The molecule has 0 heterocycles. The van der Waals surface area contributed by atoms with Gasteiger partial charge in [0.1, 0.15) is 5.54 Å². The molecule has 0 bridgehead atoms. The minimum Gasteiger partial charge on any atom is -0.481 e. The molecule has 2 aliphatic rings. The molecule has 2 saturated carbocycles. The Morgan fingerprint density at radius 3 is 2.57 bits per heavy atom. The highest BCUT2D eigenvalue weighted by Crippen LogP contribution is 2.65. The molecule has 3 rings (SSSR count). The Kier molecular flexibility index (Phi) is 3.26. The first-order chi connectivity index (χ1) is 9.86. The maximum absolute atomic E-state index is 11.5. The Hall–Kier alpha value is -1.53. The van der Waals surface area contributed by atoms with E-state index in [0.717, 1.165) is 10.5 Å². The van der Waals surface area contributed by atoms with E-state index in [-0.39, 0.29) is 11.2 Å². The lowest BCUT2D eigenvalue weighted by molar-refractivity contribution is -0.145. The normalized spacial score (nSPS) is 37.0. The van der Waals surface area contributed by atoms with Gasteiger partial charge in [0.05, 0.1) is 5.92 Å². The van der Waals surface area contributed by atoms with Crippen LogP contribution in [0.4, 0.5) is 0 Å². The highest BCUT2D eigenvalue weighted by Gasteiger charge is 2.73. The van der Waals surface area contributed by atoms with E-state index < -0.39 is 29.3 Å². The van der Waals surface area contributed by atoms with E-state index in [2.05, 4.69) is 0 Å². The molecule has 1 aromatic carbocycles. The van der Waals surface area contributed by atoms with Crippen LogP contribution < -0.4 is 5.73 Å². The summed E-state index contributed by atoms with van der Waals surface area (Å²) in [7, 11) is 0. The predicted molar refractivity (Wildman–Crippen MR) is 78.1 cm³/mol. The molecule has 2 fully saturated rings. The van der Waals surface area contributed by atoms with Crippen LogP contribution in [0, 0.1) is 24.7 Å². The summed E-state index contributed by atoms with van der Waals surface area (Å²) in [5.41, 5.74) is 5.72. The fraction of sp³-hybridized carbons (Fsp3) is 0.467. The second-order valence-corrected chi connectivity index (χ2v) is 7.22. The maximum atomic E-state index is 11.5. The third-order valence-electron chi connectivity index (χ3n) is 4.69. The lowest BCUT2D eigenvalue weighted by Crippen LogP contribution is -2.50. The average molecular weight is 307 g/mol. The zero-order chi connectivity index (χ0) is 15.4. The average Bonchev–Trinajstić information content (AvgIpc) is 3.10. The molecule has 0 amide bonds. The molecule has 0 aromatic heterocycles. The van der Waals surface area contributed by atoms with Crippen LogP contribution in [0.15, 0.2) is 29.2 Å². The van der Waals surface area contributed by atoms with E-state index >= 15 is 0 Å². The van der Waals surface area contributed by atoms with Gasteiger partial charge in [0.2, 0.25) is 0 Å². The highest BCUT2D eigenvalue weighted by molar-refractivity contribution is 8.00. The number of aryl methyl sites for hydroxylation is 1. The first-order valence-electron chi connectivity index (χ1n) is 6.83. The van der Waals surface area contributed by atoms with E-state index in [9.17, 15) is 19.8 Å². The van der Waals surface area contributed by atoms with Crippen molar-refractivity contribution in [3.05, 3.63) is 29.8 Å². The third kappa shape index (κ3) is 2.13. The molecule has 21 heavy (non-hydrogen) atoms. The van der Waals surface area contributed by atoms with Crippen molar-refractivity contribution >= 4 is 23.7 Å². The van der Waals surface area contributed by atoms with Crippen molar-refractivity contribution in [1.29, 1.82) is 0 Å². The summed E-state index contributed by atoms with van der Waals surface area (Å²) in [5, 5.41) is 18.6. The van der Waals surface area contributed by atoms with Crippen molar-refractivity contribution in [3.8, 4) is 0 Å². The van der Waals surface area contributed by atoms with E-state index in [1.165, 1.54) is 0 Å². The zero-order valence-electron chi connectivity index (χ0n) is 11.5. The SMILES string of the molecule is Cc1ccccc1SC1CC(N)(C(=O)O)C2C(C(=O)O)C12. The van der Waals surface area contributed by atoms with Gasteiger partial charge in [0.15, 0.2) is 0 Å². The first-order valence-corrected chi connectivity index (χ1v) is 7.71. The lowest BCUT2D eigenvalue weighted by atomic mass is 9.91. The number of rotatable bonds is 4. The van der Waals surface area contributed by atoms with Crippen molar-refractivity contribution in [2.75, 3.05) is 0 Å². The number of fused-ring (bicyclic) bond motifs is 1. The van der Waals surface area contributed by atoms with Gasteiger partial charge in [-0.1, -0.05) is 18.2 Å². The van der Waals surface area contributed by atoms with Gasteiger partial charge in [-0.25, -0.2) is 0 Å². The van der Waals surface area contributed by atoms with Crippen LogP contribution in [0.2, 0.25) is 0 Å². The van der Waals surface area contributed by atoms with Crippen molar-refractivity contribution in [3.63, 3.8) is 0 Å². The summed E-state index contributed by atoms with van der Waals surface area (Å²) in [4.78, 5) is 23.8. The van der Waals surface area contributed by atoms with Gasteiger partial charge in [0.25, 0.3) is 0 Å². The van der Waals surface area contributed by atoms with Crippen LogP contribution in [0.1, 0.15) is 12.0 Å². The number of hydrogen-bond donors (Lipinski definition) is 3. The number of carbonyl (C=O) groups is 2. The fourth-order valence-corrected chi connectivity index (χ4v) is 5.18. The molecular formula is C15H17NO4S. The predicted octanol–water partition coefficient (Wildman–Crippen LogP) is 1.59. The van der Waals surface area contributed by atoms with E-state index in [1.54, 1.807) is 11.8 Å². The molecule has 6 heteroatoms. The molecule has 5 atom stereocenters. The van der Waals surface area contributed by atoms with Crippen molar-refractivity contribution in [2.45, 2.75) is 29.0 Å². The Balaban J connectivity index is 1.86. The van der Waals surface area contributed by atoms with E-state index in [4.69, 9.17) is 5.73 Å². The number of carboxylic acid groups (broad SMARTS) is 2. The minimum atomic E-state index is -1.41. The second kappa shape index (κ2) is 4.74. The number of thioether (sulfide) groups is 1. The van der Waals surface area contributed by atoms with Crippen LogP contribution in [-0.2, 0) is 9.59 Å². The van der Waals surface area contributed by atoms with Crippen LogP contribution in [0.25, 0.3) is 0 Å². The molecule has 1 aromatic rings. The monoisotopic (exact) mass is 307 g/mol. The molecule has 0 aliphatic heterocycles. The Morgan fingerprint density at radius 1 is 1.33 bits per heavy atom. The topological polar surface area (TPSA) is 101 Å². The molecule has 5 unspecified atom stereocenters. The fourth-order valence-electron chi connectivity index (χ4n) is 3.59. The maximum Gasteiger partial charge on any atom is 0.324 e. The Labute approximate surface area is 126 Å². The molecule has 4 N–H and O–H groups in total. The standard InChI is InChI=1S/C15H17NO4S/c1-7-4-2-3-5-8(7)21-9-6-15(16,14(19)20)12-10(9)11(12)13(17)18/h2-5,9-12H,6,16H2,1H3,(H,17,18)(H,19,20). The largest absolute Gasteiger partial charge is 0.481 e. The van der Waals surface area contributed by atoms with Gasteiger partial charge < -0.3 is 15.9 Å². The number of nitrogens with two attached hydrogens (primary N) is 1. The molecule has 112 valence electrons. The van der Waals surface area contributed by atoms with Crippen LogP contribution in [0.5, 0.6) is 0 Å². The number of carboxylic acids is 2. The van der Waals surface area contributed by atoms with Crippen molar-refractivity contribution in [1.82, 2.24) is 0 Å². The van der Waals surface area contributed by atoms with Crippen LogP contribution in [0.3, 0.4) is 0 Å². The lowest BCUT2D eigenvalue weighted by Gasteiger charge is -2.24. The summed E-state index contributed by atoms with van der Waals surface area (Å²) in [5.74, 6) is -3.24. The van der Waals surface area contributed by atoms with Crippen molar-refractivity contribution < 1.29 is 19.8 Å². The molecule has 2 aliphatic carbocycles. The van der Waals surface area contributed by atoms with E-state index in [0.29, 0.717) is 6.42 Å². The second-order valence-electron chi connectivity index (χ2n) is 5.94. The Bertz CT molecular complexity index is 619. The smallest absolute Gasteiger partial charge is 0.324 e. The first kappa shape index (κ1) is 14.4. The number of aliphatic carboxylic acids is 2. The van der Waals surface area contributed by atoms with Gasteiger partial charge >= 0.3 is 11.9 Å².